The largest absolute Gasteiger partial charge is 0.396 e. The molecule has 0 aromatic rings. The SMILES string of the molecule is CC(C)(O)C(N)CCO. The third-order valence-corrected chi connectivity index (χ3v) is 1.35. The van der Waals surface area contributed by atoms with Crippen LogP contribution in [0.2, 0.25) is 0 Å². The molecule has 0 bridgehead atoms. The van der Waals surface area contributed by atoms with Crippen molar-refractivity contribution in [2.75, 3.05) is 6.61 Å². The Kier molecular flexibility index (Phi) is 3.11. The van der Waals surface area contributed by atoms with Crippen molar-refractivity contribution in [1.82, 2.24) is 0 Å². The molecule has 1 unspecified atom stereocenters. The van der Waals surface area contributed by atoms with Crippen molar-refractivity contribution >= 4 is 0 Å². The van der Waals surface area contributed by atoms with E-state index in [0.717, 1.165) is 0 Å². The van der Waals surface area contributed by atoms with Gasteiger partial charge in [-0.25, -0.2) is 0 Å². The van der Waals surface area contributed by atoms with E-state index in [2.05, 4.69) is 0 Å². The zero-order valence-electron chi connectivity index (χ0n) is 5.96. The van der Waals surface area contributed by atoms with E-state index in [4.69, 9.17) is 10.8 Å². The number of aliphatic hydroxyl groups excluding tert-OH is 1. The monoisotopic (exact) mass is 133 g/mol. The van der Waals surface area contributed by atoms with Crippen molar-refractivity contribution in [2.45, 2.75) is 31.9 Å². The predicted octanol–water partition coefficient (Wildman–Crippen LogP) is -0.533. The van der Waals surface area contributed by atoms with Crippen molar-refractivity contribution in [3.8, 4) is 0 Å². The van der Waals surface area contributed by atoms with Gasteiger partial charge in [-0.1, -0.05) is 0 Å². The molecule has 0 aromatic carbocycles. The lowest BCUT2D eigenvalue weighted by Gasteiger charge is -2.24. The fourth-order valence-corrected chi connectivity index (χ4v) is 0.492. The van der Waals surface area contributed by atoms with Crippen LogP contribution in [0.3, 0.4) is 0 Å². The maximum Gasteiger partial charge on any atom is 0.0742 e. The Labute approximate surface area is 55.5 Å². The van der Waals surface area contributed by atoms with Gasteiger partial charge in [0.15, 0.2) is 0 Å². The minimum absolute atomic E-state index is 0.0329. The molecule has 3 nitrogen and oxygen atoms in total. The lowest BCUT2D eigenvalue weighted by atomic mass is 9.97. The van der Waals surface area contributed by atoms with Crippen molar-refractivity contribution in [1.29, 1.82) is 0 Å². The molecule has 0 aliphatic carbocycles. The van der Waals surface area contributed by atoms with E-state index < -0.39 is 5.60 Å². The molecule has 1 atom stereocenters. The lowest BCUT2D eigenvalue weighted by molar-refractivity contribution is 0.0427. The van der Waals surface area contributed by atoms with Gasteiger partial charge in [0.2, 0.25) is 0 Å². The Morgan fingerprint density at radius 1 is 1.56 bits per heavy atom. The lowest BCUT2D eigenvalue weighted by Crippen LogP contribution is -2.43. The van der Waals surface area contributed by atoms with Gasteiger partial charge in [-0.05, 0) is 20.3 Å². The van der Waals surface area contributed by atoms with Gasteiger partial charge in [-0.15, -0.1) is 0 Å². The Morgan fingerprint density at radius 3 is 2.11 bits per heavy atom. The quantitative estimate of drug-likeness (QED) is 0.484. The van der Waals surface area contributed by atoms with Gasteiger partial charge in [-0.3, -0.25) is 0 Å². The summed E-state index contributed by atoms with van der Waals surface area (Å²) in [7, 11) is 0. The van der Waals surface area contributed by atoms with Crippen molar-refractivity contribution in [3.63, 3.8) is 0 Å². The van der Waals surface area contributed by atoms with E-state index in [1.807, 2.05) is 0 Å². The molecule has 0 rings (SSSR count). The molecule has 4 N–H and O–H groups in total. The van der Waals surface area contributed by atoms with E-state index in [-0.39, 0.29) is 12.6 Å². The molecule has 0 saturated heterocycles. The molecule has 9 heavy (non-hydrogen) atoms. The fourth-order valence-electron chi connectivity index (χ4n) is 0.492. The van der Waals surface area contributed by atoms with Crippen LogP contribution >= 0.6 is 0 Å². The number of nitrogens with two attached hydrogens (primary N) is 1. The summed E-state index contributed by atoms with van der Waals surface area (Å²) in [5.74, 6) is 0. The average molecular weight is 133 g/mol. The summed E-state index contributed by atoms with van der Waals surface area (Å²) in [6.45, 7) is 3.30. The summed E-state index contributed by atoms with van der Waals surface area (Å²) in [6, 6.07) is -0.331. The standard InChI is InChI=1S/C6H15NO2/c1-6(2,9)5(7)3-4-8/h5,8-9H,3-4,7H2,1-2H3. The van der Waals surface area contributed by atoms with Crippen LogP contribution in [0.4, 0.5) is 0 Å². The minimum atomic E-state index is -0.872. The highest BCUT2D eigenvalue weighted by atomic mass is 16.3. The molecule has 0 saturated carbocycles. The zero-order valence-corrected chi connectivity index (χ0v) is 5.96. The second kappa shape index (κ2) is 3.15. The second-order valence-electron chi connectivity index (χ2n) is 2.77. The molecule has 3 heteroatoms. The maximum atomic E-state index is 9.18. The highest BCUT2D eigenvalue weighted by molar-refractivity contribution is 4.79. The Balaban J connectivity index is 3.59. The number of hydrogen-bond donors (Lipinski definition) is 3. The Morgan fingerprint density at radius 2 is 2.00 bits per heavy atom. The summed E-state index contributed by atoms with van der Waals surface area (Å²) in [5, 5.41) is 17.6. The van der Waals surface area contributed by atoms with Crippen LogP contribution < -0.4 is 5.73 Å². The zero-order chi connectivity index (χ0) is 7.49. The summed E-state index contributed by atoms with van der Waals surface area (Å²) in [5.41, 5.74) is 4.58. The van der Waals surface area contributed by atoms with Crippen LogP contribution in [-0.4, -0.2) is 28.5 Å². The minimum Gasteiger partial charge on any atom is -0.396 e. The third-order valence-electron chi connectivity index (χ3n) is 1.35. The number of aliphatic hydroxyl groups is 2. The molecule has 0 aromatic heterocycles. The summed E-state index contributed by atoms with van der Waals surface area (Å²) >= 11 is 0. The van der Waals surface area contributed by atoms with Crippen molar-refractivity contribution in [3.05, 3.63) is 0 Å². The van der Waals surface area contributed by atoms with Crippen LogP contribution in [0.1, 0.15) is 20.3 Å². The van der Waals surface area contributed by atoms with Gasteiger partial charge in [0.1, 0.15) is 0 Å². The fraction of sp³-hybridized carbons (Fsp3) is 1.00. The van der Waals surface area contributed by atoms with Gasteiger partial charge in [0, 0.05) is 12.6 Å². The Bertz CT molecular complexity index is 77.6. The third kappa shape index (κ3) is 3.46. The molecule has 0 fully saturated rings. The van der Waals surface area contributed by atoms with Crippen molar-refractivity contribution in [2.24, 2.45) is 5.73 Å². The molecule has 0 spiro atoms. The van der Waals surface area contributed by atoms with E-state index in [1.54, 1.807) is 13.8 Å². The normalized spacial score (nSPS) is 15.7. The first kappa shape index (κ1) is 8.88. The first-order valence-corrected chi connectivity index (χ1v) is 3.07. The van der Waals surface area contributed by atoms with Gasteiger partial charge in [0.05, 0.1) is 5.60 Å². The molecular weight excluding hydrogens is 118 g/mol. The smallest absolute Gasteiger partial charge is 0.0742 e. The second-order valence-corrected chi connectivity index (χ2v) is 2.77. The first-order valence-electron chi connectivity index (χ1n) is 3.07. The van der Waals surface area contributed by atoms with Crippen LogP contribution in [0.5, 0.6) is 0 Å². The summed E-state index contributed by atoms with van der Waals surface area (Å²) in [6.07, 6.45) is 0.448. The van der Waals surface area contributed by atoms with Gasteiger partial charge < -0.3 is 15.9 Å². The number of hydrogen-bond acceptors (Lipinski definition) is 3. The summed E-state index contributed by atoms with van der Waals surface area (Å²) in [4.78, 5) is 0. The molecular formula is C6H15NO2. The molecule has 0 aliphatic heterocycles. The Hall–Kier alpha value is -0.120. The highest BCUT2D eigenvalue weighted by Gasteiger charge is 2.21. The average Bonchev–Trinajstić information content (AvgIpc) is 1.64. The van der Waals surface area contributed by atoms with E-state index in [1.165, 1.54) is 0 Å². The highest BCUT2D eigenvalue weighted by Crippen LogP contribution is 2.07. The first-order chi connectivity index (χ1) is 3.98. The molecule has 0 amide bonds. The maximum absolute atomic E-state index is 9.18. The van der Waals surface area contributed by atoms with Gasteiger partial charge >= 0.3 is 0 Å². The topological polar surface area (TPSA) is 66.5 Å². The molecule has 0 aliphatic rings. The molecule has 56 valence electrons. The van der Waals surface area contributed by atoms with E-state index >= 15 is 0 Å². The van der Waals surface area contributed by atoms with Crippen LogP contribution in [-0.2, 0) is 0 Å². The van der Waals surface area contributed by atoms with Crippen LogP contribution in [0.25, 0.3) is 0 Å². The van der Waals surface area contributed by atoms with Crippen LogP contribution in [0, 0.1) is 0 Å². The van der Waals surface area contributed by atoms with Crippen LogP contribution in [0.15, 0.2) is 0 Å². The van der Waals surface area contributed by atoms with Gasteiger partial charge in [-0.2, -0.15) is 0 Å². The predicted molar refractivity (Wildman–Crippen MR) is 36.0 cm³/mol. The van der Waals surface area contributed by atoms with Crippen molar-refractivity contribution < 1.29 is 10.2 Å². The van der Waals surface area contributed by atoms with E-state index in [0.29, 0.717) is 6.42 Å². The van der Waals surface area contributed by atoms with E-state index in [9.17, 15) is 5.11 Å². The molecule has 0 heterocycles. The molecule has 0 radical (unpaired) electrons. The summed E-state index contributed by atoms with van der Waals surface area (Å²) < 4.78 is 0. The number of rotatable bonds is 3. The van der Waals surface area contributed by atoms with Gasteiger partial charge in [0.25, 0.3) is 0 Å².